The van der Waals surface area contributed by atoms with Crippen molar-refractivity contribution in [2.24, 2.45) is 0 Å². The van der Waals surface area contributed by atoms with E-state index >= 15 is 0 Å². The topological polar surface area (TPSA) is 32.3 Å². The number of hydrogen-bond acceptors (Lipinski definition) is 2. The quantitative estimate of drug-likeness (QED) is 0.820. The van der Waals surface area contributed by atoms with E-state index in [2.05, 4.69) is 5.32 Å². The molecule has 0 aliphatic carbocycles. The van der Waals surface area contributed by atoms with E-state index in [4.69, 9.17) is 5.11 Å². The number of alkyl halides is 3. The molecule has 2 aromatic carbocycles. The maximum atomic E-state index is 13.2. The summed E-state index contributed by atoms with van der Waals surface area (Å²) in [6.45, 7) is 1.83. The lowest BCUT2D eigenvalue weighted by Gasteiger charge is -2.13. The molecule has 0 saturated heterocycles. The SMILES string of the molecule is Cc1ccc(C(F)(F)F)cc1NCc1ccc(O)c(F)c1. The predicted octanol–water partition coefficient (Wildman–Crippen LogP) is 4.47. The number of anilines is 1. The largest absolute Gasteiger partial charge is 0.505 e. The number of halogens is 4. The number of benzene rings is 2. The maximum Gasteiger partial charge on any atom is 0.416 e. The Morgan fingerprint density at radius 1 is 1.10 bits per heavy atom. The summed E-state index contributed by atoms with van der Waals surface area (Å²) in [5.41, 5.74) is 0.759. The van der Waals surface area contributed by atoms with Crippen LogP contribution in [-0.4, -0.2) is 5.11 Å². The second kappa shape index (κ2) is 5.63. The number of nitrogens with one attached hydrogen (secondary N) is 1. The highest BCUT2D eigenvalue weighted by molar-refractivity contribution is 5.53. The van der Waals surface area contributed by atoms with Gasteiger partial charge in [0.25, 0.3) is 0 Å². The van der Waals surface area contributed by atoms with E-state index < -0.39 is 23.3 Å². The normalized spacial score (nSPS) is 11.5. The minimum absolute atomic E-state index is 0.152. The molecule has 0 aromatic heterocycles. The monoisotopic (exact) mass is 299 g/mol. The Morgan fingerprint density at radius 2 is 1.81 bits per heavy atom. The molecular formula is C15H13F4NO. The highest BCUT2D eigenvalue weighted by Crippen LogP contribution is 2.32. The first-order valence-electron chi connectivity index (χ1n) is 6.16. The lowest BCUT2D eigenvalue weighted by Crippen LogP contribution is -2.07. The Bertz CT molecular complexity index is 653. The van der Waals surface area contributed by atoms with E-state index in [-0.39, 0.29) is 6.54 Å². The summed E-state index contributed by atoms with van der Waals surface area (Å²) in [5, 5.41) is 11.9. The van der Waals surface area contributed by atoms with Gasteiger partial charge in [-0.3, -0.25) is 0 Å². The van der Waals surface area contributed by atoms with Gasteiger partial charge in [-0.25, -0.2) is 4.39 Å². The van der Waals surface area contributed by atoms with E-state index in [0.717, 1.165) is 18.2 Å². The molecule has 0 aliphatic rings. The van der Waals surface area contributed by atoms with Crippen LogP contribution in [0.3, 0.4) is 0 Å². The molecule has 21 heavy (non-hydrogen) atoms. The van der Waals surface area contributed by atoms with E-state index in [1.807, 2.05) is 0 Å². The van der Waals surface area contributed by atoms with Crippen LogP contribution in [0.5, 0.6) is 5.75 Å². The van der Waals surface area contributed by atoms with Gasteiger partial charge in [0.15, 0.2) is 11.6 Å². The summed E-state index contributed by atoms with van der Waals surface area (Å²) in [6, 6.07) is 7.24. The molecule has 0 heterocycles. The van der Waals surface area contributed by atoms with Crippen LogP contribution in [-0.2, 0) is 12.7 Å². The zero-order valence-electron chi connectivity index (χ0n) is 11.1. The van der Waals surface area contributed by atoms with Gasteiger partial charge < -0.3 is 10.4 Å². The standard InChI is InChI=1S/C15H13F4NO/c1-9-2-4-11(15(17,18)19)7-13(9)20-8-10-3-5-14(21)12(16)6-10/h2-7,20-21H,8H2,1H3. The van der Waals surface area contributed by atoms with E-state index in [0.29, 0.717) is 16.8 Å². The van der Waals surface area contributed by atoms with Crippen molar-refractivity contribution in [1.29, 1.82) is 0 Å². The molecule has 2 rings (SSSR count). The smallest absolute Gasteiger partial charge is 0.416 e. The van der Waals surface area contributed by atoms with Crippen LogP contribution in [0.1, 0.15) is 16.7 Å². The summed E-state index contributed by atoms with van der Waals surface area (Å²) in [6.07, 6.45) is -4.41. The predicted molar refractivity (Wildman–Crippen MR) is 71.6 cm³/mol. The van der Waals surface area contributed by atoms with Gasteiger partial charge in [-0.15, -0.1) is 0 Å². The van der Waals surface area contributed by atoms with Crippen molar-refractivity contribution in [2.75, 3.05) is 5.32 Å². The Kier molecular flexibility index (Phi) is 4.06. The van der Waals surface area contributed by atoms with Gasteiger partial charge in [0.1, 0.15) is 0 Å². The van der Waals surface area contributed by atoms with E-state index in [9.17, 15) is 17.6 Å². The van der Waals surface area contributed by atoms with Gasteiger partial charge in [0, 0.05) is 12.2 Å². The number of hydrogen-bond donors (Lipinski definition) is 2. The summed E-state index contributed by atoms with van der Waals surface area (Å²) >= 11 is 0. The molecule has 0 saturated carbocycles. The van der Waals surface area contributed by atoms with Crippen molar-refractivity contribution in [3.63, 3.8) is 0 Å². The Balaban J connectivity index is 2.17. The zero-order valence-corrected chi connectivity index (χ0v) is 11.1. The van der Waals surface area contributed by atoms with Crippen LogP contribution in [0.15, 0.2) is 36.4 Å². The molecule has 0 unspecified atom stereocenters. The summed E-state index contributed by atoms with van der Waals surface area (Å²) in [5.74, 6) is -1.23. The summed E-state index contributed by atoms with van der Waals surface area (Å²) < 4.78 is 51.1. The van der Waals surface area contributed by atoms with Gasteiger partial charge in [-0.05, 0) is 42.3 Å². The Morgan fingerprint density at radius 3 is 2.43 bits per heavy atom. The summed E-state index contributed by atoms with van der Waals surface area (Å²) in [7, 11) is 0. The molecule has 2 nitrogen and oxygen atoms in total. The third kappa shape index (κ3) is 3.65. The molecule has 0 fully saturated rings. The number of phenols is 1. The highest BCUT2D eigenvalue weighted by Gasteiger charge is 2.30. The molecule has 112 valence electrons. The minimum Gasteiger partial charge on any atom is -0.505 e. The molecular weight excluding hydrogens is 286 g/mol. The van der Waals surface area contributed by atoms with Crippen molar-refractivity contribution in [3.05, 3.63) is 58.9 Å². The van der Waals surface area contributed by atoms with Crippen molar-refractivity contribution in [2.45, 2.75) is 19.6 Å². The third-order valence-corrected chi connectivity index (χ3v) is 3.06. The second-order valence-corrected chi connectivity index (χ2v) is 4.67. The molecule has 0 atom stereocenters. The molecule has 0 radical (unpaired) electrons. The van der Waals surface area contributed by atoms with Crippen LogP contribution in [0.25, 0.3) is 0 Å². The fraction of sp³-hybridized carbons (Fsp3) is 0.200. The highest BCUT2D eigenvalue weighted by atomic mass is 19.4. The van der Waals surface area contributed by atoms with Gasteiger partial charge in [-0.1, -0.05) is 12.1 Å². The van der Waals surface area contributed by atoms with Crippen molar-refractivity contribution in [1.82, 2.24) is 0 Å². The Labute approximate surface area is 119 Å². The van der Waals surface area contributed by atoms with Crippen LogP contribution >= 0.6 is 0 Å². The van der Waals surface area contributed by atoms with Gasteiger partial charge in [0.2, 0.25) is 0 Å². The fourth-order valence-electron chi connectivity index (χ4n) is 1.85. The first kappa shape index (κ1) is 15.2. The van der Waals surface area contributed by atoms with Crippen molar-refractivity contribution in [3.8, 4) is 5.75 Å². The molecule has 2 N–H and O–H groups in total. The molecule has 6 heteroatoms. The number of aromatic hydroxyl groups is 1. The Hall–Kier alpha value is -2.24. The number of aryl methyl sites for hydroxylation is 1. The second-order valence-electron chi connectivity index (χ2n) is 4.67. The van der Waals surface area contributed by atoms with Crippen LogP contribution in [0, 0.1) is 12.7 Å². The fourth-order valence-corrected chi connectivity index (χ4v) is 1.85. The number of rotatable bonds is 3. The molecule has 0 aliphatic heterocycles. The lowest BCUT2D eigenvalue weighted by molar-refractivity contribution is -0.137. The van der Waals surface area contributed by atoms with E-state index in [1.165, 1.54) is 18.2 Å². The van der Waals surface area contributed by atoms with Crippen LogP contribution in [0.4, 0.5) is 23.2 Å². The van der Waals surface area contributed by atoms with Crippen LogP contribution in [0.2, 0.25) is 0 Å². The van der Waals surface area contributed by atoms with E-state index in [1.54, 1.807) is 6.92 Å². The number of phenolic OH excluding ortho intramolecular Hbond substituents is 1. The lowest BCUT2D eigenvalue weighted by atomic mass is 10.1. The first-order valence-corrected chi connectivity index (χ1v) is 6.16. The average molecular weight is 299 g/mol. The molecule has 2 aromatic rings. The van der Waals surface area contributed by atoms with Gasteiger partial charge in [-0.2, -0.15) is 13.2 Å². The minimum atomic E-state index is -4.41. The van der Waals surface area contributed by atoms with Crippen LogP contribution < -0.4 is 5.32 Å². The maximum absolute atomic E-state index is 13.2. The molecule has 0 amide bonds. The summed E-state index contributed by atoms with van der Waals surface area (Å²) in [4.78, 5) is 0. The average Bonchev–Trinajstić information content (AvgIpc) is 2.40. The van der Waals surface area contributed by atoms with Crippen molar-refractivity contribution >= 4 is 5.69 Å². The first-order chi connectivity index (χ1) is 9.77. The van der Waals surface area contributed by atoms with Crippen molar-refractivity contribution < 1.29 is 22.7 Å². The third-order valence-electron chi connectivity index (χ3n) is 3.06. The van der Waals surface area contributed by atoms with Gasteiger partial charge in [0.05, 0.1) is 5.56 Å². The molecule has 0 spiro atoms. The molecule has 0 bridgehead atoms. The van der Waals surface area contributed by atoms with Gasteiger partial charge >= 0.3 is 6.18 Å². The zero-order chi connectivity index (χ0) is 15.6.